The normalized spacial score (nSPS) is 14.4. The van der Waals surface area contributed by atoms with E-state index in [1.54, 1.807) is 31.3 Å². The molecule has 2 heterocycles. The third-order valence-corrected chi connectivity index (χ3v) is 4.39. The number of nitro groups is 1. The number of nitrogens with zero attached hydrogens (tertiary/aromatic N) is 4. The van der Waals surface area contributed by atoms with Gasteiger partial charge in [-0.3, -0.25) is 14.9 Å². The van der Waals surface area contributed by atoms with Gasteiger partial charge < -0.3 is 15.5 Å². The van der Waals surface area contributed by atoms with Gasteiger partial charge in [0.2, 0.25) is 11.7 Å². The SMILES string of the molecule is Cc1ccnc(N2CCN(c3ccc(C(N)=O)cc3)CC2)c1[N+](=O)[O-]. The molecule has 2 N–H and O–H groups in total. The van der Waals surface area contributed by atoms with Crippen LogP contribution in [0, 0.1) is 17.0 Å². The van der Waals surface area contributed by atoms with Gasteiger partial charge in [-0.15, -0.1) is 0 Å². The van der Waals surface area contributed by atoms with Crippen molar-refractivity contribution >= 4 is 23.1 Å². The molecule has 0 radical (unpaired) electrons. The van der Waals surface area contributed by atoms with Gasteiger partial charge in [0, 0.05) is 49.2 Å². The van der Waals surface area contributed by atoms with Crippen LogP contribution in [0.1, 0.15) is 15.9 Å². The number of aromatic nitrogens is 1. The molecule has 0 unspecified atom stereocenters. The Kier molecular flexibility index (Phi) is 4.51. The van der Waals surface area contributed by atoms with Crippen molar-refractivity contribution in [3.8, 4) is 0 Å². The van der Waals surface area contributed by atoms with Gasteiger partial charge in [-0.2, -0.15) is 0 Å². The van der Waals surface area contributed by atoms with Crippen molar-refractivity contribution in [1.29, 1.82) is 0 Å². The molecular formula is C17H19N5O3. The van der Waals surface area contributed by atoms with Gasteiger partial charge in [0.15, 0.2) is 0 Å². The molecule has 0 bridgehead atoms. The average molecular weight is 341 g/mol. The highest BCUT2D eigenvalue weighted by atomic mass is 16.6. The van der Waals surface area contributed by atoms with Crippen molar-refractivity contribution in [3.05, 3.63) is 57.8 Å². The maximum Gasteiger partial charge on any atom is 0.314 e. The van der Waals surface area contributed by atoms with E-state index in [0.717, 1.165) is 5.69 Å². The Morgan fingerprint density at radius 2 is 1.72 bits per heavy atom. The predicted octanol–water partition coefficient (Wildman–Crippen LogP) is 1.72. The number of anilines is 2. The van der Waals surface area contributed by atoms with Gasteiger partial charge in [-0.1, -0.05) is 0 Å². The smallest absolute Gasteiger partial charge is 0.314 e. The Bertz CT molecular complexity index is 798. The first-order valence-corrected chi connectivity index (χ1v) is 7.97. The topological polar surface area (TPSA) is 106 Å². The summed E-state index contributed by atoms with van der Waals surface area (Å²) < 4.78 is 0. The van der Waals surface area contributed by atoms with Crippen LogP contribution >= 0.6 is 0 Å². The highest BCUT2D eigenvalue weighted by Gasteiger charge is 2.26. The van der Waals surface area contributed by atoms with Crippen LogP contribution in [-0.4, -0.2) is 42.0 Å². The third-order valence-electron chi connectivity index (χ3n) is 4.39. The number of amides is 1. The van der Waals surface area contributed by atoms with Crippen LogP contribution in [0.25, 0.3) is 0 Å². The molecule has 8 nitrogen and oxygen atoms in total. The zero-order valence-electron chi connectivity index (χ0n) is 13.9. The molecule has 1 aromatic heterocycles. The summed E-state index contributed by atoms with van der Waals surface area (Å²) in [5.74, 6) is -0.0251. The van der Waals surface area contributed by atoms with Crippen LogP contribution in [0.4, 0.5) is 17.2 Å². The van der Waals surface area contributed by atoms with Crippen LogP contribution in [-0.2, 0) is 0 Å². The molecule has 3 rings (SSSR count). The first-order chi connectivity index (χ1) is 12.0. The van der Waals surface area contributed by atoms with Crippen LogP contribution in [0.2, 0.25) is 0 Å². The fourth-order valence-electron chi connectivity index (χ4n) is 3.01. The molecule has 1 fully saturated rings. The van der Waals surface area contributed by atoms with Crippen molar-refractivity contribution in [2.45, 2.75) is 6.92 Å². The molecule has 130 valence electrons. The number of rotatable bonds is 4. The molecule has 1 aliphatic heterocycles. The molecule has 0 atom stereocenters. The first-order valence-electron chi connectivity index (χ1n) is 7.97. The Labute approximate surface area is 145 Å². The van der Waals surface area contributed by atoms with Crippen molar-refractivity contribution < 1.29 is 9.72 Å². The second-order valence-corrected chi connectivity index (χ2v) is 5.94. The van der Waals surface area contributed by atoms with Gasteiger partial charge in [0.25, 0.3) is 0 Å². The van der Waals surface area contributed by atoms with Gasteiger partial charge >= 0.3 is 5.69 Å². The summed E-state index contributed by atoms with van der Waals surface area (Å²) in [7, 11) is 0. The number of benzene rings is 1. The highest BCUT2D eigenvalue weighted by Crippen LogP contribution is 2.30. The number of primary amides is 1. The minimum Gasteiger partial charge on any atom is -0.368 e. The first kappa shape index (κ1) is 16.7. The van der Waals surface area contributed by atoms with Crippen LogP contribution in [0.15, 0.2) is 36.5 Å². The molecule has 1 aliphatic rings. The molecule has 1 aromatic carbocycles. The zero-order valence-corrected chi connectivity index (χ0v) is 13.9. The van der Waals surface area contributed by atoms with E-state index in [-0.39, 0.29) is 10.6 Å². The number of hydrogen-bond acceptors (Lipinski definition) is 6. The lowest BCUT2D eigenvalue weighted by molar-refractivity contribution is -0.384. The highest BCUT2D eigenvalue weighted by molar-refractivity contribution is 5.93. The molecule has 0 spiro atoms. The van der Waals surface area contributed by atoms with E-state index in [0.29, 0.717) is 43.1 Å². The van der Waals surface area contributed by atoms with E-state index in [1.165, 1.54) is 0 Å². The van der Waals surface area contributed by atoms with Gasteiger partial charge in [-0.05, 0) is 37.3 Å². The Balaban J connectivity index is 1.73. The molecule has 0 saturated carbocycles. The number of aryl methyl sites for hydroxylation is 1. The summed E-state index contributed by atoms with van der Waals surface area (Å²) in [6.07, 6.45) is 1.60. The number of carbonyl (C=O) groups is 1. The number of hydrogen-bond donors (Lipinski definition) is 1. The predicted molar refractivity (Wildman–Crippen MR) is 95.0 cm³/mol. The zero-order chi connectivity index (χ0) is 18.0. The van der Waals surface area contributed by atoms with Gasteiger partial charge in [-0.25, -0.2) is 4.98 Å². The molecule has 25 heavy (non-hydrogen) atoms. The van der Waals surface area contributed by atoms with Gasteiger partial charge in [0.1, 0.15) is 0 Å². The Hall–Kier alpha value is -3.16. The summed E-state index contributed by atoms with van der Waals surface area (Å²) in [6.45, 7) is 4.41. The lowest BCUT2D eigenvalue weighted by Crippen LogP contribution is -2.47. The summed E-state index contributed by atoms with van der Waals surface area (Å²) in [4.78, 5) is 30.5. The third kappa shape index (κ3) is 3.37. The van der Waals surface area contributed by atoms with Gasteiger partial charge in [0.05, 0.1) is 4.92 Å². The Morgan fingerprint density at radius 3 is 2.28 bits per heavy atom. The van der Waals surface area contributed by atoms with E-state index >= 15 is 0 Å². The fraction of sp³-hybridized carbons (Fsp3) is 0.294. The maximum atomic E-state index is 11.3. The van der Waals surface area contributed by atoms with Crippen molar-refractivity contribution in [2.24, 2.45) is 5.73 Å². The van der Waals surface area contributed by atoms with Crippen molar-refractivity contribution in [3.63, 3.8) is 0 Å². The summed E-state index contributed by atoms with van der Waals surface area (Å²) in [6, 6.07) is 8.79. The minimum atomic E-state index is -0.450. The number of pyridine rings is 1. The number of piperazine rings is 1. The summed E-state index contributed by atoms with van der Waals surface area (Å²) in [5.41, 5.74) is 7.41. The molecular weight excluding hydrogens is 322 g/mol. The quantitative estimate of drug-likeness (QED) is 0.670. The number of nitrogens with two attached hydrogens (primary N) is 1. The number of carbonyl (C=O) groups excluding carboxylic acids is 1. The van der Waals surface area contributed by atoms with E-state index in [2.05, 4.69) is 9.88 Å². The molecule has 8 heteroatoms. The maximum absolute atomic E-state index is 11.3. The molecule has 0 aliphatic carbocycles. The minimum absolute atomic E-state index is 0.0711. The monoisotopic (exact) mass is 341 g/mol. The van der Waals surface area contributed by atoms with E-state index in [4.69, 9.17) is 5.73 Å². The van der Waals surface area contributed by atoms with E-state index in [1.807, 2.05) is 17.0 Å². The van der Waals surface area contributed by atoms with Crippen LogP contribution in [0.3, 0.4) is 0 Å². The van der Waals surface area contributed by atoms with Crippen molar-refractivity contribution in [1.82, 2.24) is 4.98 Å². The standard InChI is InChI=1S/C17H19N5O3/c1-12-6-7-19-17(15(12)22(24)25)21-10-8-20(9-11-21)14-4-2-13(3-5-14)16(18)23/h2-7H,8-11H2,1H3,(H2,18,23). The fourth-order valence-corrected chi connectivity index (χ4v) is 3.01. The molecule has 2 aromatic rings. The van der Waals surface area contributed by atoms with Crippen LogP contribution < -0.4 is 15.5 Å². The lowest BCUT2D eigenvalue weighted by atomic mass is 10.1. The Morgan fingerprint density at radius 1 is 1.12 bits per heavy atom. The summed E-state index contributed by atoms with van der Waals surface area (Å²) in [5, 5.41) is 11.3. The van der Waals surface area contributed by atoms with E-state index < -0.39 is 5.91 Å². The summed E-state index contributed by atoms with van der Waals surface area (Å²) >= 11 is 0. The molecule has 1 saturated heterocycles. The second kappa shape index (κ2) is 6.76. The van der Waals surface area contributed by atoms with E-state index in [9.17, 15) is 14.9 Å². The van der Waals surface area contributed by atoms with Crippen molar-refractivity contribution in [2.75, 3.05) is 36.0 Å². The second-order valence-electron chi connectivity index (χ2n) is 5.94. The molecule has 1 amide bonds. The van der Waals surface area contributed by atoms with Crippen LogP contribution in [0.5, 0.6) is 0 Å². The largest absolute Gasteiger partial charge is 0.368 e. The average Bonchev–Trinajstić information content (AvgIpc) is 2.61. The lowest BCUT2D eigenvalue weighted by Gasteiger charge is -2.36.